The highest BCUT2D eigenvalue weighted by Gasteiger charge is 2.25. The Hall–Kier alpha value is -1.03. The van der Waals surface area contributed by atoms with Crippen LogP contribution in [0.1, 0.15) is 32.3 Å². The van der Waals surface area contributed by atoms with Gasteiger partial charge in [-0.2, -0.15) is 0 Å². The van der Waals surface area contributed by atoms with Crippen LogP contribution in [0.3, 0.4) is 0 Å². The molecule has 0 saturated carbocycles. The molecule has 1 N–H and O–H groups in total. The maximum absolute atomic E-state index is 4.60. The number of hydrogen-bond acceptors (Lipinski definition) is 4. The number of thioether (sulfide) groups is 1. The van der Waals surface area contributed by atoms with Crippen LogP contribution in [0.4, 0.5) is 0 Å². The average molecular weight is 263 g/mol. The minimum absolute atomic E-state index is 0.663. The van der Waals surface area contributed by atoms with Crippen LogP contribution in [-0.4, -0.2) is 21.9 Å². The van der Waals surface area contributed by atoms with Gasteiger partial charge in [0.25, 0.3) is 0 Å². The number of rotatable bonds is 5. The van der Waals surface area contributed by atoms with Gasteiger partial charge in [-0.15, -0.1) is 0 Å². The first-order chi connectivity index (χ1) is 8.83. The number of pyridine rings is 1. The lowest BCUT2D eigenvalue weighted by molar-refractivity contribution is 0.479. The standard InChI is InChI=1S/C14H21N3S/c1-3-12(4-2)13-10-17-14(18-13)16-9-11-6-5-7-15-8-11/h5-8,12-13H,3-4,9-10H2,1-2H3,(H,16,17). The Balaban J connectivity index is 1.79. The van der Waals surface area contributed by atoms with E-state index >= 15 is 0 Å². The maximum Gasteiger partial charge on any atom is 0.157 e. The average Bonchev–Trinajstić information content (AvgIpc) is 2.88. The summed E-state index contributed by atoms with van der Waals surface area (Å²) in [7, 11) is 0. The summed E-state index contributed by atoms with van der Waals surface area (Å²) in [6, 6.07) is 4.05. The van der Waals surface area contributed by atoms with E-state index in [1.807, 2.05) is 24.0 Å². The van der Waals surface area contributed by atoms with Gasteiger partial charge in [-0.1, -0.05) is 44.5 Å². The summed E-state index contributed by atoms with van der Waals surface area (Å²) in [6.45, 7) is 6.33. The smallest absolute Gasteiger partial charge is 0.157 e. The van der Waals surface area contributed by atoms with Crippen molar-refractivity contribution in [1.82, 2.24) is 10.3 Å². The molecule has 1 aliphatic rings. The molecule has 0 aliphatic carbocycles. The molecule has 0 bridgehead atoms. The predicted octanol–water partition coefficient (Wildman–Crippen LogP) is 3.08. The highest BCUT2D eigenvalue weighted by molar-refractivity contribution is 8.14. The Kier molecular flexibility index (Phi) is 5.05. The quantitative estimate of drug-likeness (QED) is 0.887. The van der Waals surface area contributed by atoms with Gasteiger partial charge in [-0.3, -0.25) is 9.98 Å². The van der Waals surface area contributed by atoms with E-state index in [9.17, 15) is 0 Å². The largest absolute Gasteiger partial charge is 0.361 e. The Labute approximate surface area is 113 Å². The molecule has 2 rings (SSSR count). The summed E-state index contributed by atoms with van der Waals surface area (Å²) in [5.41, 5.74) is 1.20. The van der Waals surface area contributed by atoms with Crippen molar-refractivity contribution in [2.75, 3.05) is 6.54 Å². The molecule has 1 atom stereocenters. The molecule has 18 heavy (non-hydrogen) atoms. The highest BCUT2D eigenvalue weighted by Crippen LogP contribution is 2.30. The lowest BCUT2D eigenvalue weighted by atomic mass is 9.99. The molecule has 0 spiro atoms. The molecule has 0 aromatic carbocycles. The third-order valence-electron chi connectivity index (χ3n) is 3.42. The van der Waals surface area contributed by atoms with Crippen LogP contribution in [0, 0.1) is 5.92 Å². The van der Waals surface area contributed by atoms with Crippen LogP contribution < -0.4 is 5.32 Å². The highest BCUT2D eigenvalue weighted by atomic mass is 32.2. The van der Waals surface area contributed by atoms with Crippen molar-refractivity contribution in [2.24, 2.45) is 10.9 Å². The van der Waals surface area contributed by atoms with Gasteiger partial charge in [0.05, 0.1) is 6.54 Å². The maximum atomic E-state index is 4.60. The number of hydrogen-bond donors (Lipinski definition) is 1. The fraction of sp³-hybridized carbons (Fsp3) is 0.571. The number of nitrogens with zero attached hydrogens (tertiary/aromatic N) is 2. The van der Waals surface area contributed by atoms with Gasteiger partial charge < -0.3 is 5.32 Å². The number of aliphatic imine (C=N–C) groups is 1. The topological polar surface area (TPSA) is 37.3 Å². The fourth-order valence-corrected chi connectivity index (χ4v) is 3.55. The molecule has 1 unspecified atom stereocenters. The summed E-state index contributed by atoms with van der Waals surface area (Å²) in [4.78, 5) is 8.71. The minimum Gasteiger partial charge on any atom is -0.361 e. The van der Waals surface area contributed by atoms with Crippen molar-refractivity contribution in [3.05, 3.63) is 30.1 Å². The third kappa shape index (κ3) is 3.48. The van der Waals surface area contributed by atoms with E-state index in [1.165, 1.54) is 18.4 Å². The molecule has 1 aromatic rings. The van der Waals surface area contributed by atoms with Crippen LogP contribution in [0.2, 0.25) is 0 Å². The van der Waals surface area contributed by atoms with Gasteiger partial charge in [0.1, 0.15) is 0 Å². The summed E-state index contributed by atoms with van der Waals surface area (Å²) < 4.78 is 0. The van der Waals surface area contributed by atoms with Gasteiger partial charge in [0, 0.05) is 24.2 Å². The summed E-state index contributed by atoms with van der Waals surface area (Å²) in [6.07, 6.45) is 6.19. The molecule has 0 fully saturated rings. The second kappa shape index (κ2) is 6.78. The monoisotopic (exact) mass is 263 g/mol. The van der Waals surface area contributed by atoms with E-state index in [0.717, 1.165) is 24.2 Å². The van der Waals surface area contributed by atoms with Gasteiger partial charge in [0.15, 0.2) is 5.17 Å². The zero-order valence-corrected chi connectivity index (χ0v) is 11.9. The van der Waals surface area contributed by atoms with Gasteiger partial charge in [0.2, 0.25) is 0 Å². The minimum atomic E-state index is 0.663. The van der Waals surface area contributed by atoms with Crippen LogP contribution >= 0.6 is 11.8 Å². The molecule has 2 heterocycles. The molecule has 4 heteroatoms. The normalized spacial score (nSPS) is 19.1. The molecular weight excluding hydrogens is 242 g/mol. The van der Waals surface area contributed by atoms with Crippen molar-refractivity contribution >= 4 is 16.9 Å². The third-order valence-corrected chi connectivity index (χ3v) is 4.75. The van der Waals surface area contributed by atoms with E-state index in [1.54, 1.807) is 6.20 Å². The number of nitrogens with one attached hydrogen (secondary N) is 1. The second-order valence-corrected chi connectivity index (χ2v) is 5.82. The van der Waals surface area contributed by atoms with E-state index in [0.29, 0.717) is 5.25 Å². The first-order valence-corrected chi connectivity index (χ1v) is 7.55. The summed E-state index contributed by atoms with van der Waals surface area (Å²) in [5, 5.41) is 5.16. The van der Waals surface area contributed by atoms with E-state index in [4.69, 9.17) is 0 Å². The Morgan fingerprint density at radius 3 is 2.94 bits per heavy atom. The Morgan fingerprint density at radius 2 is 2.28 bits per heavy atom. The first kappa shape index (κ1) is 13.4. The Morgan fingerprint density at radius 1 is 1.44 bits per heavy atom. The van der Waals surface area contributed by atoms with Gasteiger partial charge in [-0.05, 0) is 17.5 Å². The van der Waals surface area contributed by atoms with Crippen molar-refractivity contribution in [1.29, 1.82) is 0 Å². The summed E-state index contributed by atoms with van der Waals surface area (Å²) >= 11 is 1.91. The van der Waals surface area contributed by atoms with Crippen molar-refractivity contribution in [2.45, 2.75) is 38.5 Å². The number of amidine groups is 1. The first-order valence-electron chi connectivity index (χ1n) is 6.67. The molecule has 1 aliphatic heterocycles. The zero-order valence-electron chi connectivity index (χ0n) is 11.1. The fourth-order valence-electron chi connectivity index (χ4n) is 2.23. The molecule has 0 saturated heterocycles. The Bertz CT molecular complexity index is 387. The molecule has 0 amide bonds. The molecular formula is C14H21N3S. The molecule has 1 aromatic heterocycles. The van der Waals surface area contributed by atoms with Crippen LogP contribution in [0.5, 0.6) is 0 Å². The molecule has 0 radical (unpaired) electrons. The van der Waals surface area contributed by atoms with E-state index in [-0.39, 0.29) is 0 Å². The predicted molar refractivity (Wildman–Crippen MR) is 78.8 cm³/mol. The SMILES string of the molecule is CCC(CC)C1CN=C(NCc2cccnc2)S1. The molecule has 98 valence electrons. The van der Waals surface area contributed by atoms with Crippen LogP contribution in [0.25, 0.3) is 0 Å². The van der Waals surface area contributed by atoms with Gasteiger partial charge in [-0.25, -0.2) is 0 Å². The lowest BCUT2D eigenvalue weighted by Gasteiger charge is -2.18. The van der Waals surface area contributed by atoms with E-state index < -0.39 is 0 Å². The lowest BCUT2D eigenvalue weighted by Crippen LogP contribution is -2.21. The van der Waals surface area contributed by atoms with Gasteiger partial charge >= 0.3 is 0 Å². The zero-order chi connectivity index (χ0) is 12.8. The van der Waals surface area contributed by atoms with Crippen LogP contribution in [-0.2, 0) is 6.54 Å². The second-order valence-electron chi connectivity index (χ2n) is 4.59. The molecule has 3 nitrogen and oxygen atoms in total. The van der Waals surface area contributed by atoms with Crippen molar-refractivity contribution in [3.63, 3.8) is 0 Å². The van der Waals surface area contributed by atoms with Crippen LogP contribution in [0.15, 0.2) is 29.5 Å². The van der Waals surface area contributed by atoms with Crippen molar-refractivity contribution < 1.29 is 0 Å². The number of aromatic nitrogens is 1. The van der Waals surface area contributed by atoms with E-state index in [2.05, 4.69) is 35.2 Å². The van der Waals surface area contributed by atoms with Crippen molar-refractivity contribution in [3.8, 4) is 0 Å². The summed E-state index contributed by atoms with van der Waals surface area (Å²) in [5.74, 6) is 0.788.